The first-order valence-electron chi connectivity index (χ1n) is 4.88. The molecule has 0 aromatic carbocycles. The molecule has 0 aliphatic heterocycles. The van der Waals surface area contributed by atoms with Gasteiger partial charge in [0, 0.05) is 18.2 Å². The van der Waals surface area contributed by atoms with Crippen LogP contribution in [0.5, 0.6) is 0 Å². The monoisotopic (exact) mass is 212 g/mol. The number of nitrogens with zero attached hydrogens (tertiary/aromatic N) is 2. The standard InChI is InChI=1S/C11H20N2S/c1-10(2,3)9-8(11(4,5)14)12-7-13(9)6/h7,14H,1-6H3. The molecule has 0 N–H and O–H groups in total. The number of hydrogen-bond donors (Lipinski definition) is 1. The summed E-state index contributed by atoms with van der Waals surface area (Å²) in [6.45, 7) is 10.8. The smallest absolute Gasteiger partial charge is 0.0949 e. The maximum atomic E-state index is 4.58. The summed E-state index contributed by atoms with van der Waals surface area (Å²) >= 11 is 4.58. The average Bonchev–Trinajstić information content (AvgIpc) is 2.27. The molecule has 1 rings (SSSR count). The van der Waals surface area contributed by atoms with Crippen LogP contribution in [0.15, 0.2) is 6.33 Å². The highest BCUT2D eigenvalue weighted by Crippen LogP contribution is 2.34. The summed E-state index contributed by atoms with van der Waals surface area (Å²) in [6, 6.07) is 0. The Hall–Kier alpha value is -0.440. The van der Waals surface area contributed by atoms with E-state index in [0.717, 1.165) is 5.69 Å². The minimum Gasteiger partial charge on any atom is -0.337 e. The lowest BCUT2D eigenvalue weighted by atomic mass is 9.87. The van der Waals surface area contributed by atoms with Crippen molar-refractivity contribution in [1.82, 2.24) is 9.55 Å². The summed E-state index contributed by atoms with van der Waals surface area (Å²) < 4.78 is 1.91. The molecule has 0 aliphatic carbocycles. The van der Waals surface area contributed by atoms with Gasteiger partial charge in [0.15, 0.2) is 0 Å². The molecule has 0 unspecified atom stereocenters. The number of aromatic nitrogens is 2. The van der Waals surface area contributed by atoms with Crippen LogP contribution in [0.25, 0.3) is 0 Å². The van der Waals surface area contributed by atoms with Crippen LogP contribution in [0, 0.1) is 0 Å². The molecule has 1 heterocycles. The first-order valence-corrected chi connectivity index (χ1v) is 5.33. The lowest BCUT2D eigenvalue weighted by Gasteiger charge is -2.26. The summed E-state index contributed by atoms with van der Waals surface area (Å²) in [6.07, 6.45) is 1.87. The van der Waals surface area contributed by atoms with Gasteiger partial charge in [0.2, 0.25) is 0 Å². The minimum atomic E-state index is -0.177. The molecule has 0 atom stereocenters. The van der Waals surface area contributed by atoms with Crippen LogP contribution in [0.4, 0.5) is 0 Å². The highest BCUT2D eigenvalue weighted by Gasteiger charge is 2.29. The maximum absolute atomic E-state index is 4.58. The van der Waals surface area contributed by atoms with Crippen molar-refractivity contribution in [3.63, 3.8) is 0 Å². The van der Waals surface area contributed by atoms with E-state index in [2.05, 4.69) is 56.8 Å². The topological polar surface area (TPSA) is 17.8 Å². The van der Waals surface area contributed by atoms with Gasteiger partial charge in [-0.1, -0.05) is 20.8 Å². The van der Waals surface area contributed by atoms with E-state index in [0.29, 0.717) is 0 Å². The molecule has 80 valence electrons. The normalized spacial score (nSPS) is 13.4. The van der Waals surface area contributed by atoms with Gasteiger partial charge in [-0.15, -0.1) is 0 Å². The van der Waals surface area contributed by atoms with Gasteiger partial charge >= 0.3 is 0 Å². The number of imidazole rings is 1. The third-order valence-electron chi connectivity index (χ3n) is 2.23. The van der Waals surface area contributed by atoms with Crippen LogP contribution < -0.4 is 0 Å². The molecule has 0 fully saturated rings. The van der Waals surface area contributed by atoms with E-state index >= 15 is 0 Å². The van der Waals surface area contributed by atoms with E-state index in [9.17, 15) is 0 Å². The zero-order chi connectivity index (χ0) is 11.1. The van der Waals surface area contributed by atoms with Crippen LogP contribution in [0.1, 0.15) is 46.0 Å². The maximum Gasteiger partial charge on any atom is 0.0949 e. The summed E-state index contributed by atoms with van der Waals surface area (Å²) in [5.74, 6) is 0. The number of rotatable bonds is 1. The van der Waals surface area contributed by atoms with Gasteiger partial charge in [-0.25, -0.2) is 4.98 Å². The molecule has 0 radical (unpaired) electrons. The molecule has 3 heteroatoms. The average molecular weight is 212 g/mol. The molecule has 1 aromatic heterocycles. The van der Waals surface area contributed by atoms with Crippen molar-refractivity contribution in [2.24, 2.45) is 7.05 Å². The van der Waals surface area contributed by atoms with E-state index in [1.54, 1.807) is 0 Å². The quantitative estimate of drug-likeness (QED) is 0.709. The Balaban J connectivity index is 3.35. The molecule has 14 heavy (non-hydrogen) atoms. The Morgan fingerprint density at radius 1 is 1.21 bits per heavy atom. The lowest BCUT2D eigenvalue weighted by Crippen LogP contribution is -2.22. The molecule has 0 aliphatic rings. The van der Waals surface area contributed by atoms with Crippen LogP contribution in [0.2, 0.25) is 0 Å². The zero-order valence-electron chi connectivity index (χ0n) is 9.92. The van der Waals surface area contributed by atoms with Crippen molar-refractivity contribution in [1.29, 1.82) is 0 Å². The molecule has 0 spiro atoms. The third-order valence-corrected chi connectivity index (χ3v) is 2.44. The molecule has 0 saturated heterocycles. The highest BCUT2D eigenvalue weighted by atomic mass is 32.1. The first kappa shape index (κ1) is 11.6. The van der Waals surface area contributed by atoms with E-state index in [1.165, 1.54) is 5.69 Å². The number of thiol groups is 1. The SMILES string of the molecule is Cn1cnc(C(C)(C)S)c1C(C)(C)C. The van der Waals surface area contributed by atoms with E-state index in [4.69, 9.17) is 0 Å². The van der Waals surface area contributed by atoms with E-state index < -0.39 is 0 Å². The molecule has 0 amide bonds. The van der Waals surface area contributed by atoms with E-state index in [1.807, 2.05) is 13.4 Å². The Bertz CT molecular complexity index is 326. The van der Waals surface area contributed by atoms with Crippen molar-refractivity contribution < 1.29 is 0 Å². The van der Waals surface area contributed by atoms with Gasteiger partial charge in [-0.3, -0.25) is 0 Å². The molecule has 0 bridgehead atoms. The number of aryl methyl sites for hydroxylation is 1. The Labute approximate surface area is 92.1 Å². The van der Waals surface area contributed by atoms with Crippen molar-refractivity contribution in [2.75, 3.05) is 0 Å². The Morgan fingerprint density at radius 3 is 2.00 bits per heavy atom. The summed E-state index contributed by atoms with van der Waals surface area (Å²) in [7, 11) is 2.04. The Morgan fingerprint density at radius 2 is 1.71 bits per heavy atom. The molecule has 2 nitrogen and oxygen atoms in total. The number of hydrogen-bond acceptors (Lipinski definition) is 2. The largest absolute Gasteiger partial charge is 0.337 e. The molecule has 0 saturated carbocycles. The predicted octanol–water partition coefficient (Wildman–Crippen LogP) is 2.88. The predicted molar refractivity (Wildman–Crippen MR) is 63.9 cm³/mol. The van der Waals surface area contributed by atoms with Gasteiger partial charge in [-0.2, -0.15) is 12.6 Å². The Kier molecular flexibility index (Phi) is 2.74. The minimum absolute atomic E-state index is 0.112. The van der Waals surface area contributed by atoms with Gasteiger partial charge in [0.1, 0.15) is 0 Å². The fourth-order valence-corrected chi connectivity index (χ4v) is 1.93. The van der Waals surface area contributed by atoms with Crippen LogP contribution >= 0.6 is 12.6 Å². The second kappa shape index (κ2) is 3.30. The van der Waals surface area contributed by atoms with Crippen molar-refractivity contribution in [3.8, 4) is 0 Å². The first-order chi connectivity index (χ1) is 6.14. The summed E-state index contributed by atoms with van der Waals surface area (Å²) in [5, 5.41) is 0. The van der Waals surface area contributed by atoms with Crippen molar-refractivity contribution in [3.05, 3.63) is 17.7 Å². The van der Waals surface area contributed by atoms with Crippen molar-refractivity contribution >= 4 is 12.6 Å². The van der Waals surface area contributed by atoms with E-state index in [-0.39, 0.29) is 10.2 Å². The van der Waals surface area contributed by atoms with Crippen molar-refractivity contribution in [2.45, 2.75) is 44.8 Å². The highest BCUT2D eigenvalue weighted by molar-refractivity contribution is 7.81. The molecule has 1 aromatic rings. The van der Waals surface area contributed by atoms with Gasteiger partial charge in [0.25, 0.3) is 0 Å². The molecular weight excluding hydrogens is 192 g/mol. The van der Waals surface area contributed by atoms with Gasteiger partial charge in [-0.05, 0) is 13.8 Å². The second-order valence-corrected chi connectivity index (χ2v) is 6.48. The fraction of sp³-hybridized carbons (Fsp3) is 0.727. The summed E-state index contributed by atoms with van der Waals surface area (Å²) in [5.41, 5.74) is 2.45. The lowest BCUT2D eigenvalue weighted by molar-refractivity contribution is 0.527. The third kappa shape index (κ3) is 2.14. The van der Waals surface area contributed by atoms with Crippen LogP contribution in [-0.2, 0) is 17.2 Å². The van der Waals surface area contributed by atoms with Crippen LogP contribution in [-0.4, -0.2) is 9.55 Å². The zero-order valence-corrected chi connectivity index (χ0v) is 10.8. The summed E-state index contributed by atoms with van der Waals surface area (Å²) in [4.78, 5) is 4.44. The van der Waals surface area contributed by atoms with Crippen LogP contribution in [0.3, 0.4) is 0 Å². The molecular formula is C11H20N2S. The van der Waals surface area contributed by atoms with Gasteiger partial charge < -0.3 is 4.57 Å². The fourth-order valence-electron chi connectivity index (χ4n) is 1.76. The second-order valence-electron chi connectivity index (χ2n) is 5.36. The van der Waals surface area contributed by atoms with Gasteiger partial charge in [0.05, 0.1) is 16.8 Å².